The van der Waals surface area contributed by atoms with Gasteiger partial charge in [0.05, 0.1) is 5.69 Å². The van der Waals surface area contributed by atoms with Crippen molar-refractivity contribution in [1.82, 2.24) is 4.98 Å². The second-order valence-corrected chi connectivity index (χ2v) is 6.21. The van der Waals surface area contributed by atoms with Crippen LogP contribution in [0, 0.1) is 5.82 Å². The summed E-state index contributed by atoms with van der Waals surface area (Å²) >= 11 is 7.12. The summed E-state index contributed by atoms with van der Waals surface area (Å²) in [6.45, 7) is 0. The Kier molecular flexibility index (Phi) is 5.03. The van der Waals surface area contributed by atoms with Gasteiger partial charge in [-0.1, -0.05) is 23.7 Å². The molecular formula is C18H12ClFN2OS. The first-order chi connectivity index (χ1) is 11.6. The molecule has 3 nitrogen and oxygen atoms in total. The van der Waals surface area contributed by atoms with Gasteiger partial charge in [-0.3, -0.25) is 10.1 Å². The number of amides is 1. The van der Waals surface area contributed by atoms with Crippen molar-refractivity contribution in [3.05, 3.63) is 76.4 Å². The first-order valence-electron chi connectivity index (χ1n) is 7.06. The van der Waals surface area contributed by atoms with Crippen molar-refractivity contribution in [3.8, 4) is 11.3 Å². The van der Waals surface area contributed by atoms with E-state index in [9.17, 15) is 9.18 Å². The van der Waals surface area contributed by atoms with Gasteiger partial charge < -0.3 is 0 Å². The van der Waals surface area contributed by atoms with Gasteiger partial charge in [0, 0.05) is 22.0 Å². The lowest BCUT2D eigenvalue weighted by atomic mass is 10.2. The third-order valence-corrected chi connectivity index (χ3v) is 4.18. The third kappa shape index (κ3) is 4.28. The molecule has 6 heteroatoms. The molecule has 0 aliphatic heterocycles. The van der Waals surface area contributed by atoms with E-state index in [1.165, 1.54) is 29.5 Å². The quantitative estimate of drug-likeness (QED) is 0.647. The standard InChI is InChI=1S/C18H12ClFN2OS/c19-14-6-1-12(2-7-14)3-10-17(23)22-18-21-16(11-24-18)13-4-8-15(20)9-5-13/h1-11H,(H,21,22,23). The van der Waals surface area contributed by atoms with E-state index < -0.39 is 0 Å². The molecule has 1 amide bonds. The van der Waals surface area contributed by atoms with Crippen LogP contribution in [0.5, 0.6) is 0 Å². The van der Waals surface area contributed by atoms with Gasteiger partial charge in [0.2, 0.25) is 5.91 Å². The highest BCUT2D eigenvalue weighted by Gasteiger charge is 2.06. The van der Waals surface area contributed by atoms with Crippen LogP contribution in [0.1, 0.15) is 5.56 Å². The maximum atomic E-state index is 12.9. The molecule has 0 atom stereocenters. The van der Waals surface area contributed by atoms with Gasteiger partial charge in [0.15, 0.2) is 5.13 Å². The minimum Gasteiger partial charge on any atom is -0.298 e. The van der Waals surface area contributed by atoms with Crippen LogP contribution in [0.25, 0.3) is 17.3 Å². The minimum absolute atomic E-state index is 0.273. The van der Waals surface area contributed by atoms with Crippen molar-refractivity contribution < 1.29 is 9.18 Å². The van der Waals surface area contributed by atoms with Crippen LogP contribution in [0.15, 0.2) is 60.0 Å². The molecule has 3 rings (SSSR count). The van der Waals surface area contributed by atoms with Crippen LogP contribution in [0.4, 0.5) is 9.52 Å². The second-order valence-electron chi connectivity index (χ2n) is 4.92. The highest BCUT2D eigenvalue weighted by Crippen LogP contribution is 2.25. The van der Waals surface area contributed by atoms with Crippen molar-refractivity contribution in [2.75, 3.05) is 5.32 Å². The Morgan fingerprint density at radius 2 is 1.83 bits per heavy atom. The molecule has 0 radical (unpaired) electrons. The largest absolute Gasteiger partial charge is 0.298 e. The maximum absolute atomic E-state index is 12.9. The Hall–Kier alpha value is -2.50. The number of nitrogens with one attached hydrogen (secondary N) is 1. The number of carbonyl (C=O) groups is 1. The summed E-state index contributed by atoms with van der Waals surface area (Å²) in [5, 5.41) is 5.65. The zero-order valence-electron chi connectivity index (χ0n) is 12.4. The lowest BCUT2D eigenvalue weighted by molar-refractivity contribution is -0.111. The summed E-state index contributed by atoms with van der Waals surface area (Å²) in [5.74, 6) is -0.570. The first kappa shape index (κ1) is 16.4. The van der Waals surface area contributed by atoms with Crippen LogP contribution in [-0.2, 0) is 4.79 Å². The van der Waals surface area contributed by atoms with E-state index in [1.54, 1.807) is 30.3 Å². The highest BCUT2D eigenvalue weighted by molar-refractivity contribution is 7.14. The summed E-state index contributed by atoms with van der Waals surface area (Å²) in [7, 11) is 0. The molecule has 0 fully saturated rings. The lowest BCUT2D eigenvalue weighted by Crippen LogP contribution is -2.07. The molecular weight excluding hydrogens is 347 g/mol. The molecule has 0 bridgehead atoms. The monoisotopic (exact) mass is 358 g/mol. The number of hydrogen-bond acceptors (Lipinski definition) is 3. The van der Waals surface area contributed by atoms with E-state index in [0.717, 1.165) is 11.1 Å². The van der Waals surface area contributed by atoms with E-state index in [0.29, 0.717) is 15.8 Å². The number of halogens is 2. The van der Waals surface area contributed by atoms with Gasteiger partial charge in [0.25, 0.3) is 0 Å². The van der Waals surface area contributed by atoms with Crippen molar-refractivity contribution in [2.24, 2.45) is 0 Å². The summed E-state index contributed by atoms with van der Waals surface area (Å²) in [4.78, 5) is 16.3. The summed E-state index contributed by atoms with van der Waals surface area (Å²) in [6.07, 6.45) is 3.13. The topological polar surface area (TPSA) is 42.0 Å². The molecule has 2 aromatic carbocycles. The number of thiazole rings is 1. The fourth-order valence-electron chi connectivity index (χ4n) is 1.98. The predicted octanol–water partition coefficient (Wildman–Crippen LogP) is 5.25. The van der Waals surface area contributed by atoms with Gasteiger partial charge in [-0.15, -0.1) is 11.3 Å². The minimum atomic E-state index is -0.296. The summed E-state index contributed by atoms with van der Waals surface area (Å²) < 4.78 is 12.9. The summed E-state index contributed by atoms with van der Waals surface area (Å²) in [6, 6.07) is 13.2. The zero-order chi connectivity index (χ0) is 16.9. The molecule has 0 spiro atoms. The van der Waals surface area contributed by atoms with E-state index in [2.05, 4.69) is 10.3 Å². The van der Waals surface area contributed by atoms with Crippen molar-refractivity contribution >= 4 is 40.1 Å². The number of benzene rings is 2. The third-order valence-electron chi connectivity index (χ3n) is 3.17. The Morgan fingerprint density at radius 3 is 2.54 bits per heavy atom. The number of nitrogens with zero attached hydrogens (tertiary/aromatic N) is 1. The van der Waals surface area contributed by atoms with E-state index in [4.69, 9.17) is 11.6 Å². The van der Waals surface area contributed by atoms with Crippen molar-refractivity contribution in [2.45, 2.75) is 0 Å². The number of hydrogen-bond donors (Lipinski definition) is 1. The molecule has 120 valence electrons. The lowest BCUT2D eigenvalue weighted by Gasteiger charge is -1.98. The van der Waals surface area contributed by atoms with E-state index in [1.807, 2.05) is 17.5 Å². The van der Waals surface area contributed by atoms with Crippen molar-refractivity contribution in [1.29, 1.82) is 0 Å². The van der Waals surface area contributed by atoms with E-state index >= 15 is 0 Å². The SMILES string of the molecule is O=C(C=Cc1ccc(Cl)cc1)Nc1nc(-c2ccc(F)cc2)cs1. The van der Waals surface area contributed by atoms with Gasteiger partial charge in [-0.05, 0) is 48.0 Å². The Bertz CT molecular complexity index is 873. The molecule has 0 unspecified atom stereocenters. The molecule has 0 aliphatic carbocycles. The van der Waals surface area contributed by atoms with Crippen LogP contribution in [0.3, 0.4) is 0 Å². The molecule has 0 saturated heterocycles. The smallest absolute Gasteiger partial charge is 0.250 e. The first-order valence-corrected chi connectivity index (χ1v) is 8.32. The Labute approximate surface area is 147 Å². The predicted molar refractivity (Wildman–Crippen MR) is 96.6 cm³/mol. The average molecular weight is 359 g/mol. The zero-order valence-corrected chi connectivity index (χ0v) is 13.9. The van der Waals surface area contributed by atoms with Crippen LogP contribution in [-0.4, -0.2) is 10.9 Å². The van der Waals surface area contributed by atoms with Crippen LogP contribution < -0.4 is 5.32 Å². The molecule has 0 saturated carbocycles. The van der Waals surface area contributed by atoms with Crippen LogP contribution in [0.2, 0.25) is 5.02 Å². The number of anilines is 1. The molecule has 3 aromatic rings. The molecule has 1 N–H and O–H groups in total. The van der Waals surface area contributed by atoms with E-state index in [-0.39, 0.29) is 11.7 Å². The molecule has 1 heterocycles. The highest BCUT2D eigenvalue weighted by atomic mass is 35.5. The van der Waals surface area contributed by atoms with Gasteiger partial charge >= 0.3 is 0 Å². The fraction of sp³-hybridized carbons (Fsp3) is 0. The van der Waals surface area contributed by atoms with Gasteiger partial charge in [0.1, 0.15) is 5.82 Å². The molecule has 0 aliphatic rings. The normalized spacial score (nSPS) is 10.9. The molecule has 1 aromatic heterocycles. The van der Waals surface area contributed by atoms with Gasteiger partial charge in [-0.2, -0.15) is 0 Å². The van der Waals surface area contributed by atoms with Gasteiger partial charge in [-0.25, -0.2) is 9.37 Å². The van der Waals surface area contributed by atoms with Crippen LogP contribution >= 0.6 is 22.9 Å². The fourth-order valence-corrected chi connectivity index (χ4v) is 2.83. The Balaban J connectivity index is 1.64. The number of aromatic nitrogens is 1. The second kappa shape index (κ2) is 7.38. The maximum Gasteiger partial charge on any atom is 0.250 e. The number of carbonyl (C=O) groups excluding carboxylic acids is 1. The Morgan fingerprint density at radius 1 is 1.12 bits per heavy atom. The average Bonchev–Trinajstić information content (AvgIpc) is 3.03. The summed E-state index contributed by atoms with van der Waals surface area (Å²) in [5.41, 5.74) is 2.36. The molecule has 24 heavy (non-hydrogen) atoms. The number of rotatable bonds is 4. The van der Waals surface area contributed by atoms with Crippen molar-refractivity contribution in [3.63, 3.8) is 0 Å².